The summed E-state index contributed by atoms with van der Waals surface area (Å²) in [6, 6.07) is 12.7. The SMILES string of the molecule is CCC1(c2ccc(F)cc2)NC(=O)N(Cc2csc(-c3ccccc3OC)n2)C1=O. The Morgan fingerprint density at radius 1 is 1.17 bits per heavy atom. The first kappa shape index (κ1) is 20.0. The highest BCUT2D eigenvalue weighted by Gasteiger charge is 2.51. The second kappa shape index (κ2) is 7.87. The van der Waals surface area contributed by atoms with E-state index in [-0.39, 0.29) is 12.5 Å². The smallest absolute Gasteiger partial charge is 0.325 e. The number of carbonyl (C=O) groups excluding carboxylic acids is 2. The molecule has 1 N–H and O–H groups in total. The topological polar surface area (TPSA) is 71.5 Å². The Labute approximate surface area is 177 Å². The van der Waals surface area contributed by atoms with Gasteiger partial charge in [0.05, 0.1) is 24.9 Å². The Balaban J connectivity index is 1.60. The fraction of sp³-hybridized carbons (Fsp3) is 0.227. The number of ether oxygens (including phenoxy) is 1. The van der Waals surface area contributed by atoms with Crippen molar-refractivity contribution in [3.8, 4) is 16.3 Å². The molecule has 2 aromatic carbocycles. The van der Waals surface area contributed by atoms with Crippen molar-refractivity contribution < 1.29 is 18.7 Å². The Morgan fingerprint density at radius 2 is 1.90 bits per heavy atom. The Bertz CT molecular complexity index is 1100. The normalized spacial score (nSPS) is 18.6. The van der Waals surface area contributed by atoms with Crippen molar-refractivity contribution in [2.45, 2.75) is 25.4 Å². The molecule has 1 atom stereocenters. The number of nitrogens with zero attached hydrogens (tertiary/aromatic N) is 2. The van der Waals surface area contributed by atoms with E-state index in [1.54, 1.807) is 7.11 Å². The molecule has 1 aliphatic rings. The summed E-state index contributed by atoms with van der Waals surface area (Å²) >= 11 is 1.42. The summed E-state index contributed by atoms with van der Waals surface area (Å²) in [4.78, 5) is 31.7. The van der Waals surface area contributed by atoms with E-state index in [1.807, 2.05) is 36.6 Å². The van der Waals surface area contributed by atoms with Gasteiger partial charge in [-0.15, -0.1) is 11.3 Å². The predicted molar refractivity (Wildman–Crippen MR) is 112 cm³/mol. The van der Waals surface area contributed by atoms with Crippen LogP contribution in [0.15, 0.2) is 53.9 Å². The molecular formula is C22H20FN3O3S. The van der Waals surface area contributed by atoms with E-state index in [9.17, 15) is 14.0 Å². The number of thiazole rings is 1. The van der Waals surface area contributed by atoms with Gasteiger partial charge in [0.25, 0.3) is 5.91 Å². The van der Waals surface area contributed by atoms with Gasteiger partial charge in [0, 0.05) is 5.38 Å². The molecule has 1 saturated heterocycles. The molecule has 0 radical (unpaired) electrons. The van der Waals surface area contributed by atoms with Crippen LogP contribution in [-0.4, -0.2) is 28.9 Å². The molecule has 1 aliphatic heterocycles. The van der Waals surface area contributed by atoms with Crippen LogP contribution < -0.4 is 10.1 Å². The molecule has 0 bridgehead atoms. The van der Waals surface area contributed by atoms with Gasteiger partial charge < -0.3 is 10.1 Å². The van der Waals surface area contributed by atoms with Crippen molar-refractivity contribution in [1.29, 1.82) is 0 Å². The first-order chi connectivity index (χ1) is 14.5. The standard InChI is InChI=1S/C22H20FN3O3S/c1-3-22(14-8-10-15(23)11-9-14)20(27)26(21(28)25-22)12-16-13-30-19(24-16)17-6-4-5-7-18(17)29-2/h4-11,13H,3,12H2,1-2H3,(H,25,28). The van der Waals surface area contributed by atoms with Crippen LogP contribution in [-0.2, 0) is 16.9 Å². The molecule has 154 valence electrons. The largest absolute Gasteiger partial charge is 0.496 e. The fourth-order valence-electron chi connectivity index (χ4n) is 3.63. The van der Waals surface area contributed by atoms with Gasteiger partial charge in [-0.1, -0.05) is 31.2 Å². The Hall–Kier alpha value is -3.26. The number of rotatable bonds is 6. The minimum absolute atomic E-state index is 0.0548. The number of urea groups is 1. The number of nitrogens with one attached hydrogen (secondary N) is 1. The van der Waals surface area contributed by atoms with Gasteiger partial charge in [-0.2, -0.15) is 0 Å². The minimum Gasteiger partial charge on any atom is -0.496 e. The molecule has 0 saturated carbocycles. The lowest BCUT2D eigenvalue weighted by Gasteiger charge is -2.25. The number of methoxy groups -OCH3 is 1. The molecule has 3 aromatic rings. The summed E-state index contributed by atoms with van der Waals surface area (Å²) in [5, 5.41) is 5.37. The zero-order chi connectivity index (χ0) is 21.3. The summed E-state index contributed by atoms with van der Waals surface area (Å²) in [6.07, 6.45) is 0.350. The van der Waals surface area contributed by atoms with Crippen LogP contribution >= 0.6 is 11.3 Å². The van der Waals surface area contributed by atoms with Crippen LogP contribution in [0.25, 0.3) is 10.6 Å². The predicted octanol–water partition coefficient (Wildman–Crippen LogP) is 4.32. The second-order valence-electron chi connectivity index (χ2n) is 6.93. The first-order valence-electron chi connectivity index (χ1n) is 9.46. The van der Waals surface area contributed by atoms with Gasteiger partial charge in [0.15, 0.2) is 0 Å². The van der Waals surface area contributed by atoms with Gasteiger partial charge in [0.2, 0.25) is 0 Å². The lowest BCUT2D eigenvalue weighted by atomic mass is 9.87. The van der Waals surface area contributed by atoms with Gasteiger partial charge in [-0.3, -0.25) is 9.69 Å². The van der Waals surface area contributed by atoms with Crippen molar-refractivity contribution >= 4 is 23.3 Å². The minimum atomic E-state index is -1.20. The van der Waals surface area contributed by atoms with Crippen molar-refractivity contribution in [3.63, 3.8) is 0 Å². The molecule has 1 unspecified atom stereocenters. The van der Waals surface area contributed by atoms with E-state index in [4.69, 9.17) is 4.74 Å². The first-order valence-corrected chi connectivity index (χ1v) is 10.3. The average Bonchev–Trinajstić information content (AvgIpc) is 3.33. The summed E-state index contributed by atoms with van der Waals surface area (Å²) in [5.74, 6) is -0.0619. The Kier molecular flexibility index (Phi) is 5.26. The molecule has 2 heterocycles. The van der Waals surface area contributed by atoms with E-state index in [0.29, 0.717) is 23.4 Å². The van der Waals surface area contributed by atoms with Crippen molar-refractivity contribution in [1.82, 2.24) is 15.2 Å². The molecule has 6 nitrogen and oxygen atoms in total. The van der Waals surface area contributed by atoms with Gasteiger partial charge in [-0.25, -0.2) is 14.2 Å². The zero-order valence-electron chi connectivity index (χ0n) is 16.5. The molecule has 0 aliphatic carbocycles. The van der Waals surface area contributed by atoms with E-state index in [2.05, 4.69) is 10.3 Å². The van der Waals surface area contributed by atoms with Crippen LogP contribution in [0.4, 0.5) is 9.18 Å². The summed E-state index contributed by atoms with van der Waals surface area (Å²) in [6.45, 7) is 1.87. The number of carbonyl (C=O) groups is 2. The monoisotopic (exact) mass is 425 g/mol. The van der Waals surface area contributed by atoms with Gasteiger partial charge in [0.1, 0.15) is 22.1 Å². The number of halogens is 1. The van der Waals surface area contributed by atoms with Crippen molar-refractivity contribution in [3.05, 3.63) is 71.0 Å². The third kappa shape index (κ3) is 3.33. The quantitative estimate of drug-likeness (QED) is 0.597. The lowest BCUT2D eigenvalue weighted by Crippen LogP contribution is -2.43. The van der Waals surface area contributed by atoms with Gasteiger partial charge >= 0.3 is 6.03 Å². The number of amides is 3. The zero-order valence-corrected chi connectivity index (χ0v) is 17.3. The highest BCUT2D eigenvalue weighted by atomic mass is 32.1. The highest BCUT2D eigenvalue weighted by Crippen LogP contribution is 2.35. The van der Waals surface area contributed by atoms with E-state index >= 15 is 0 Å². The number of para-hydroxylation sites is 1. The summed E-state index contributed by atoms with van der Waals surface area (Å²) in [7, 11) is 1.60. The van der Waals surface area contributed by atoms with Crippen LogP contribution in [0.5, 0.6) is 5.75 Å². The maximum absolute atomic E-state index is 13.3. The van der Waals surface area contributed by atoms with Crippen molar-refractivity contribution in [2.75, 3.05) is 7.11 Å². The number of hydrogen-bond donors (Lipinski definition) is 1. The molecule has 0 spiro atoms. The van der Waals surface area contributed by atoms with E-state index in [0.717, 1.165) is 15.5 Å². The maximum Gasteiger partial charge on any atom is 0.325 e. The molecule has 8 heteroatoms. The molecule has 1 aromatic heterocycles. The number of hydrogen-bond acceptors (Lipinski definition) is 5. The molecule has 30 heavy (non-hydrogen) atoms. The lowest BCUT2D eigenvalue weighted by molar-refractivity contribution is -0.132. The number of benzene rings is 2. The third-order valence-corrected chi connectivity index (χ3v) is 6.18. The van der Waals surface area contributed by atoms with Crippen LogP contribution in [0, 0.1) is 5.82 Å². The van der Waals surface area contributed by atoms with Crippen LogP contribution in [0.2, 0.25) is 0 Å². The maximum atomic E-state index is 13.3. The summed E-state index contributed by atoms with van der Waals surface area (Å²) < 4.78 is 18.7. The third-order valence-electron chi connectivity index (χ3n) is 5.25. The molecule has 1 fully saturated rings. The Morgan fingerprint density at radius 3 is 2.60 bits per heavy atom. The molecular weight excluding hydrogens is 405 g/mol. The number of imide groups is 1. The molecule has 3 amide bonds. The fourth-order valence-corrected chi connectivity index (χ4v) is 4.47. The highest BCUT2D eigenvalue weighted by molar-refractivity contribution is 7.13. The van der Waals surface area contributed by atoms with Gasteiger partial charge in [-0.05, 0) is 36.2 Å². The van der Waals surface area contributed by atoms with Crippen LogP contribution in [0.3, 0.4) is 0 Å². The average molecular weight is 425 g/mol. The number of aromatic nitrogens is 1. The second-order valence-corrected chi connectivity index (χ2v) is 7.79. The van der Waals surface area contributed by atoms with E-state index < -0.39 is 17.4 Å². The van der Waals surface area contributed by atoms with Crippen molar-refractivity contribution in [2.24, 2.45) is 0 Å². The molecule has 4 rings (SSSR count). The van der Waals surface area contributed by atoms with Crippen LogP contribution in [0.1, 0.15) is 24.6 Å². The van der Waals surface area contributed by atoms with E-state index in [1.165, 1.54) is 35.6 Å². The summed E-state index contributed by atoms with van der Waals surface area (Å²) in [5.41, 5.74) is 0.810.